The van der Waals surface area contributed by atoms with Crippen LogP contribution in [0.5, 0.6) is 5.75 Å². The Morgan fingerprint density at radius 3 is 2.54 bits per heavy atom. The first-order valence-corrected chi connectivity index (χ1v) is 9.55. The molecule has 0 spiro atoms. The molecule has 0 heterocycles. The Morgan fingerprint density at radius 1 is 1.29 bits per heavy atom. The largest absolute Gasteiger partial charge is 0.495 e. The summed E-state index contributed by atoms with van der Waals surface area (Å²) in [5.74, 6) is 1.55. The van der Waals surface area contributed by atoms with Gasteiger partial charge in [0, 0.05) is 11.1 Å². The molecule has 134 valence electrons. The first kappa shape index (κ1) is 19.3. The minimum absolute atomic E-state index is 0.442. The first-order valence-electron chi connectivity index (χ1n) is 8.76. The average Bonchev–Trinajstić information content (AvgIpc) is 2.55. The van der Waals surface area contributed by atoms with Crippen LogP contribution in [0.3, 0.4) is 0 Å². The molecule has 2 rings (SSSR count). The van der Waals surface area contributed by atoms with E-state index in [1.807, 2.05) is 12.1 Å². The van der Waals surface area contributed by atoms with Crippen molar-refractivity contribution in [3.05, 3.63) is 23.2 Å². The standard InChI is InChI=1S/C19H29ClN2OS/c1-5-19(2,3)13-6-9-15(10-7-13)21-18(24)22-16-12-14(20)8-11-17(16)23-4/h8,11-13,15H,5-7,9-10H2,1-4H3,(H2,21,22,24). The van der Waals surface area contributed by atoms with Crippen molar-refractivity contribution >= 4 is 34.6 Å². The van der Waals surface area contributed by atoms with E-state index in [4.69, 9.17) is 28.6 Å². The maximum Gasteiger partial charge on any atom is 0.171 e. The third kappa shape index (κ3) is 5.00. The number of benzene rings is 1. The van der Waals surface area contributed by atoms with Crippen LogP contribution in [0, 0.1) is 11.3 Å². The van der Waals surface area contributed by atoms with Gasteiger partial charge in [0.1, 0.15) is 5.75 Å². The van der Waals surface area contributed by atoms with E-state index in [9.17, 15) is 0 Å². The molecule has 2 N–H and O–H groups in total. The minimum atomic E-state index is 0.442. The second-order valence-electron chi connectivity index (χ2n) is 7.33. The van der Waals surface area contributed by atoms with Gasteiger partial charge in [-0.2, -0.15) is 0 Å². The molecule has 1 aliphatic rings. The Hall–Kier alpha value is -1.00. The summed E-state index contributed by atoms with van der Waals surface area (Å²) in [6.45, 7) is 7.08. The third-order valence-electron chi connectivity index (χ3n) is 5.49. The van der Waals surface area contributed by atoms with E-state index >= 15 is 0 Å². The van der Waals surface area contributed by atoms with Gasteiger partial charge in [-0.1, -0.05) is 38.8 Å². The van der Waals surface area contributed by atoms with Gasteiger partial charge in [0.05, 0.1) is 12.8 Å². The Bertz CT molecular complexity index is 568. The average molecular weight is 369 g/mol. The Balaban J connectivity index is 1.87. The van der Waals surface area contributed by atoms with E-state index < -0.39 is 0 Å². The highest BCUT2D eigenvalue weighted by molar-refractivity contribution is 7.80. The zero-order valence-electron chi connectivity index (χ0n) is 15.1. The molecule has 0 unspecified atom stereocenters. The first-order chi connectivity index (χ1) is 11.4. The van der Waals surface area contributed by atoms with Gasteiger partial charge in [0.15, 0.2) is 5.11 Å². The SMILES string of the molecule is CCC(C)(C)C1CCC(NC(=S)Nc2cc(Cl)ccc2OC)CC1. The van der Waals surface area contributed by atoms with E-state index in [1.54, 1.807) is 13.2 Å². The fraction of sp³-hybridized carbons (Fsp3) is 0.632. The van der Waals surface area contributed by atoms with Crippen LogP contribution in [0.1, 0.15) is 52.9 Å². The lowest BCUT2D eigenvalue weighted by atomic mass is 9.69. The van der Waals surface area contributed by atoms with Crippen LogP contribution in [0.15, 0.2) is 18.2 Å². The van der Waals surface area contributed by atoms with Gasteiger partial charge < -0.3 is 15.4 Å². The van der Waals surface area contributed by atoms with Gasteiger partial charge in [-0.25, -0.2) is 0 Å². The fourth-order valence-electron chi connectivity index (χ4n) is 3.43. The molecular formula is C19H29ClN2OS. The molecule has 5 heteroatoms. The highest BCUT2D eigenvalue weighted by Gasteiger charge is 2.31. The summed E-state index contributed by atoms with van der Waals surface area (Å²) in [7, 11) is 1.64. The van der Waals surface area contributed by atoms with Gasteiger partial charge in [0.2, 0.25) is 0 Å². The number of thiocarbonyl (C=S) groups is 1. The second-order valence-corrected chi connectivity index (χ2v) is 8.18. The third-order valence-corrected chi connectivity index (χ3v) is 5.94. The van der Waals surface area contributed by atoms with Gasteiger partial charge in [-0.05, 0) is 67.4 Å². The van der Waals surface area contributed by atoms with Crippen LogP contribution in [-0.2, 0) is 0 Å². The Morgan fingerprint density at radius 2 is 1.96 bits per heavy atom. The maximum atomic E-state index is 6.06. The molecular weight excluding hydrogens is 340 g/mol. The molecule has 0 atom stereocenters. The Labute approximate surface area is 156 Å². The summed E-state index contributed by atoms with van der Waals surface area (Å²) in [5, 5.41) is 7.95. The lowest BCUT2D eigenvalue weighted by Crippen LogP contribution is -2.41. The predicted octanol–water partition coefficient (Wildman–Crippen LogP) is 5.63. The van der Waals surface area contributed by atoms with Crippen LogP contribution in [0.4, 0.5) is 5.69 Å². The molecule has 24 heavy (non-hydrogen) atoms. The van der Waals surface area contributed by atoms with E-state index in [0.717, 1.165) is 17.4 Å². The van der Waals surface area contributed by atoms with Gasteiger partial charge in [-0.3, -0.25) is 0 Å². The van der Waals surface area contributed by atoms with E-state index in [0.29, 0.717) is 21.6 Å². The highest BCUT2D eigenvalue weighted by atomic mass is 35.5. The van der Waals surface area contributed by atoms with Crippen LogP contribution in [-0.4, -0.2) is 18.3 Å². The van der Waals surface area contributed by atoms with Crippen molar-refractivity contribution < 1.29 is 4.74 Å². The van der Waals surface area contributed by atoms with Crippen molar-refractivity contribution in [2.75, 3.05) is 12.4 Å². The molecule has 1 fully saturated rings. The highest BCUT2D eigenvalue weighted by Crippen LogP contribution is 2.40. The van der Waals surface area contributed by atoms with Crippen molar-refractivity contribution in [2.24, 2.45) is 11.3 Å². The van der Waals surface area contributed by atoms with Gasteiger partial charge in [-0.15, -0.1) is 0 Å². The van der Waals surface area contributed by atoms with E-state index in [-0.39, 0.29) is 0 Å². The molecule has 1 saturated carbocycles. The van der Waals surface area contributed by atoms with Crippen LogP contribution < -0.4 is 15.4 Å². The smallest absolute Gasteiger partial charge is 0.171 e. The summed E-state index contributed by atoms with van der Waals surface area (Å²) in [6, 6.07) is 5.91. The molecule has 0 radical (unpaired) electrons. The molecule has 0 bridgehead atoms. The molecule has 3 nitrogen and oxygen atoms in total. The molecule has 0 aromatic heterocycles. The van der Waals surface area contributed by atoms with Crippen molar-refractivity contribution in [1.82, 2.24) is 5.32 Å². The molecule has 1 aromatic carbocycles. The topological polar surface area (TPSA) is 33.3 Å². The fourth-order valence-corrected chi connectivity index (χ4v) is 3.88. The van der Waals surface area contributed by atoms with Crippen molar-refractivity contribution in [1.29, 1.82) is 0 Å². The van der Waals surface area contributed by atoms with E-state index in [2.05, 4.69) is 31.4 Å². The number of hydrogen-bond donors (Lipinski definition) is 2. The van der Waals surface area contributed by atoms with Crippen LogP contribution in [0.2, 0.25) is 5.02 Å². The molecule has 0 saturated heterocycles. The minimum Gasteiger partial charge on any atom is -0.495 e. The molecule has 0 amide bonds. The number of nitrogens with one attached hydrogen (secondary N) is 2. The maximum absolute atomic E-state index is 6.06. The Kier molecular flexibility index (Phi) is 6.76. The number of rotatable bonds is 5. The van der Waals surface area contributed by atoms with Crippen molar-refractivity contribution in [3.63, 3.8) is 0 Å². The summed E-state index contributed by atoms with van der Waals surface area (Å²) >= 11 is 11.5. The van der Waals surface area contributed by atoms with Crippen molar-refractivity contribution in [3.8, 4) is 5.75 Å². The lowest BCUT2D eigenvalue weighted by molar-refractivity contribution is 0.141. The lowest BCUT2D eigenvalue weighted by Gasteiger charge is -2.39. The number of anilines is 1. The number of hydrogen-bond acceptors (Lipinski definition) is 2. The van der Waals surface area contributed by atoms with Crippen LogP contribution >= 0.6 is 23.8 Å². The van der Waals surface area contributed by atoms with Gasteiger partial charge >= 0.3 is 0 Å². The second kappa shape index (κ2) is 8.39. The zero-order chi connectivity index (χ0) is 17.7. The van der Waals surface area contributed by atoms with E-state index in [1.165, 1.54) is 32.1 Å². The summed E-state index contributed by atoms with van der Waals surface area (Å²) in [5.41, 5.74) is 1.24. The summed E-state index contributed by atoms with van der Waals surface area (Å²) in [4.78, 5) is 0. The molecule has 1 aliphatic carbocycles. The number of halogens is 1. The summed E-state index contributed by atoms with van der Waals surface area (Å²) in [6.07, 6.45) is 6.11. The molecule has 1 aromatic rings. The van der Waals surface area contributed by atoms with Crippen molar-refractivity contribution in [2.45, 2.75) is 58.9 Å². The number of ether oxygens (including phenoxy) is 1. The zero-order valence-corrected chi connectivity index (χ0v) is 16.7. The quantitative estimate of drug-likeness (QED) is 0.660. The predicted molar refractivity (Wildman–Crippen MR) is 107 cm³/mol. The molecule has 0 aliphatic heterocycles. The normalized spacial score (nSPS) is 21.2. The number of methoxy groups -OCH3 is 1. The van der Waals surface area contributed by atoms with Crippen LogP contribution in [0.25, 0.3) is 0 Å². The summed E-state index contributed by atoms with van der Waals surface area (Å²) < 4.78 is 5.35. The monoisotopic (exact) mass is 368 g/mol. The van der Waals surface area contributed by atoms with Gasteiger partial charge in [0.25, 0.3) is 0 Å².